The van der Waals surface area contributed by atoms with Gasteiger partial charge in [0.2, 0.25) is 11.7 Å². The molecule has 0 aliphatic heterocycles. The standard InChI is InChI=1S/C15H29N3O2/c1-8-15(9-2,19-10-3)11-17-12(20-18-11)13(4,5)14(6,7)16/h8-10,16H2,1-7H3. The first-order chi connectivity index (χ1) is 9.14. The van der Waals surface area contributed by atoms with Crippen molar-refractivity contribution in [3.63, 3.8) is 0 Å². The fraction of sp³-hybridized carbons (Fsp3) is 0.867. The topological polar surface area (TPSA) is 74.2 Å². The van der Waals surface area contributed by atoms with E-state index < -0.39 is 16.6 Å². The molecular formula is C15H29N3O2. The lowest BCUT2D eigenvalue weighted by Gasteiger charge is -2.35. The first-order valence-corrected chi connectivity index (χ1v) is 7.42. The highest BCUT2D eigenvalue weighted by Gasteiger charge is 2.42. The molecule has 116 valence electrons. The Kier molecular flexibility index (Phi) is 4.98. The summed E-state index contributed by atoms with van der Waals surface area (Å²) in [7, 11) is 0. The molecule has 5 heteroatoms. The van der Waals surface area contributed by atoms with E-state index in [0.29, 0.717) is 18.3 Å². The Labute approximate surface area is 122 Å². The van der Waals surface area contributed by atoms with E-state index in [1.807, 2.05) is 34.6 Å². The second-order valence-electron chi connectivity index (χ2n) is 6.40. The van der Waals surface area contributed by atoms with Crippen LogP contribution in [0.3, 0.4) is 0 Å². The van der Waals surface area contributed by atoms with Gasteiger partial charge in [-0.3, -0.25) is 0 Å². The van der Waals surface area contributed by atoms with Crippen LogP contribution in [0.15, 0.2) is 4.52 Å². The summed E-state index contributed by atoms with van der Waals surface area (Å²) in [6.45, 7) is 14.7. The lowest BCUT2D eigenvalue weighted by Crippen LogP contribution is -2.50. The van der Waals surface area contributed by atoms with Crippen LogP contribution in [0.2, 0.25) is 0 Å². The molecule has 1 heterocycles. The number of nitrogens with zero attached hydrogens (tertiary/aromatic N) is 2. The quantitative estimate of drug-likeness (QED) is 0.832. The highest BCUT2D eigenvalue weighted by atomic mass is 16.5. The molecule has 0 saturated heterocycles. The first kappa shape index (κ1) is 17.1. The van der Waals surface area contributed by atoms with Crippen molar-refractivity contribution in [3.8, 4) is 0 Å². The third-order valence-corrected chi connectivity index (χ3v) is 4.54. The van der Waals surface area contributed by atoms with Crippen LogP contribution in [0.1, 0.15) is 73.0 Å². The molecule has 0 saturated carbocycles. The third-order valence-electron chi connectivity index (χ3n) is 4.54. The van der Waals surface area contributed by atoms with Crippen molar-refractivity contribution in [1.29, 1.82) is 0 Å². The van der Waals surface area contributed by atoms with E-state index in [2.05, 4.69) is 24.0 Å². The van der Waals surface area contributed by atoms with Crippen LogP contribution < -0.4 is 5.73 Å². The minimum atomic E-state index is -0.467. The van der Waals surface area contributed by atoms with Crippen molar-refractivity contribution in [2.75, 3.05) is 6.61 Å². The Hall–Kier alpha value is -0.940. The van der Waals surface area contributed by atoms with Crippen molar-refractivity contribution < 1.29 is 9.26 Å². The van der Waals surface area contributed by atoms with Gasteiger partial charge in [0.25, 0.3) is 0 Å². The Morgan fingerprint density at radius 3 is 2.05 bits per heavy atom. The normalized spacial score (nSPS) is 13.8. The Balaban J connectivity index is 3.20. The molecule has 0 aliphatic rings. The summed E-state index contributed by atoms with van der Waals surface area (Å²) in [6, 6.07) is 0. The van der Waals surface area contributed by atoms with Crippen LogP contribution >= 0.6 is 0 Å². The van der Waals surface area contributed by atoms with Crippen molar-refractivity contribution in [2.24, 2.45) is 5.73 Å². The predicted molar refractivity (Wildman–Crippen MR) is 79.5 cm³/mol. The van der Waals surface area contributed by atoms with E-state index >= 15 is 0 Å². The number of rotatable bonds is 7. The van der Waals surface area contributed by atoms with Gasteiger partial charge in [0.05, 0.1) is 5.41 Å². The Morgan fingerprint density at radius 1 is 1.10 bits per heavy atom. The Bertz CT molecular complexity index is 429. The third kappa shape index (κ3) is 2.88. The number of nitrogens with two attached hydrogens (primary N) is 1. The maximum absolute atomic E-state index is 6.23. The van der Waals surface area contributed by atoms with Gasteiger partial charge in [0, 0.05) is 12.1 Å². The molecule has 20 heavy (non-hydrogen) atoms. The van der Waals surface area contributed by atoms with Gasteiger partial charge in [-0.2, -0.15) is 4.98 Å². The lowest BCUT2D eigenvalue weighted by molar-refractivity contribution is -0.0583. The first-order valence-electron chi connectivity index (χ1n) is 7.42. The van der Waals surface area contributed by atoms with Gasteiger partial charge in [-0.05, 0) is 47.5 Å². The van der Waals surface area contributed by atoms with Gasteiger partial charge in [-0.15, -0.1) is 0 Å². The highest BCUT2D eigenvalue weighted by Crippen LogP contribution is 2.35. The van der Waals surface area contributed by atoms with Crippen LogP contribution in [-0.4, -0.2) is 22.3 Å². The van der Waals surface area contributed by atoms with Crippen LogP contribution in [-0.2, 0) is 15.8 Å². The second kappa shape index (κ2) is 5.82. The molecule has 0 unspecified atom stereocenters. The van der Waals surface area contributed by atoms with Crippen molar-refractivity contribution in [1.82, 2.24) is 10.1 Å². The number of ether oxygens (including phenoxy) is 1. The summed E-state index contributed by atoms with van der Waals surface area (Å²) in [5.41, 5.74) is 4.90. The lowest BCUT2D eigenvalue weighted by atomic mass is 9.75. The van der Waals surface area contributed by atoms with E-state index in [1.165, 1.54) is 0 Å². The molecule has 0 fully saturated rings. The SMILES string of the molecule is CCOC(CC)(CC)c1noc(C(C)(C)C(C)(C)N)n1. The summed E-state index contributed by atoms with van der Waals surface area (Å²) in [5.74, 6) is 1.18. The molecular weight excluding hydrogens is 254 g/mol. The van der Waals surface area contributed by atoms with Crippen LogP contribution in [0.25, 0.3) is 0 Å². The minimum absolute atomic E-state index is 0.405. The molecule has 0 aliphatic carbocycles. The fourth-order valence-corrected chi connectivity index (χ4v) is 2.05. The fourth-order valence-electron chi connectivity index (χ4n) is 2.05. The molecule has 1 aromatic heterocycles. The van der Waals surface area contributed by atoms with Gasteiger partial charge in [0.15, 0.2) is 0 Å². The summed E-state index contributed by atoms with van der Waals surface area (Å²) in [5, 5.41) is 4.16. The Morgan fingerprint density at radius 2 is 1.65 bits per heavy atom. The van der Waals surface area contributed by atoms with E-state index in [-0.39, 0.29) is 0 Å². The molecule has 0 bridgehead atoms. The average Bonchev–Trinajstić information content (AvgIpc) is 2.85. The van der Waals surface area contributed by atoms with Gasteiger partial charge in [-0.25, -0.2) is 0 Å². The summed E-state index contributed by atoms with van der Waals surface area (Å²) < 4.78 is 11.4. The van der Waals surface area contributed by atoms with Crippen molar-refractivity contribution in [3.05, 3.63) is 11.7 Å². The van der Waals surface area contributed by atoms with Crippen molar-refractivity contribution in [2.45, 2.75) is 77.9 Å². The molecule has 0 spiro atoms. The summed E-state index contributed by atoms with van der Waals surface area (Å²) in [6.07, 6.45) is 1.62. The molecule has 5 nitrogen and oxygen atoms in total. The predicted octanol–water partition coefficient (Wildman–Crippen LogP) is 3.14. The van der Waals surface area contributed by atoms with Gasteiger partial charge >= 0.3 is 0 Å². The molecule has 1 rings (SSSR count). The smallest absolute Gasteiger partial charge is 0.234 e. The number of aromatic nitrogens is 2. The number of hydrogen-bond acceptors (Lipinski definition) is 5. The molecule has 2 N–H and O–H groups in total. The van der Waals surface area contributed by atoms with E-state index in [4.69, 9.17) is 15.0 Å². The minimum Gasteiger partial charge on any atom is -0.367 e. The van der Waals surface area contributed by atoms with Gasteiger partial charge in [-0.1, -0.05) is 19.0 Å². The van der Waals surface area contributed by atoms with Gasteiger partial charge in [0.1, 0.15) is 5.60 Å². The molecule has 0 atom stereocenters. The maximum atomic E-state index is 6.23. The molecule has 0 amide bonds. The zero-order chi connectivity index (χ0) is 15.6. The summed E-state index contributed by atoms with van der Waals surface area (Å²) in [4.78, 5) is 4.60. The number of hydrogen-bond donors (Lipinski definition) is 1. The highest BCUT2D eigenvalue weighted by molar-refractivity contribution is 5.13. The van der Waals surface area contributed by atoms with E-state index in [0.717, 1.165) is 12.8 Å². The van der Waals surface area contributed by atoms with Crippen LogP contribution in [0.4, 0.5) is 0 Å². The zero-order valence-electron chi connectivity index (χ0n) is 13.9. The van der Waals surface area contributed by atoms with E-state index in [9.17, 15) is 0 Å². The largest absolute Gasteiger partial charge is 0.367 e. The summed E-state index contributed by atoms with van der Waals surface area (Å²) >= 11 is 0. The molecule has 0 radical (unpaired) electrons. The second-order valence-corrected chi connectivity index (χ2v) is 6.40. The molecule has 0 aromatic carbocycles. The van der Waals surface area contributed by atoms with Crippen molar-refractivity contribution >= 4 is 0 Å². The van der Waals surface area contributed by atoms with Crippen LogP contribution in [0, 0.1) is 0 Å². The zero-order valence-corrected chi connectivity index (χ0v) is 13.9. The molecule has 1 aromatic rings. The maximum Gasteiger partial charge on any atom is 0.234 e. The van der Waals surface area contributed by atoms with E-state index in [1.54, 1.807) is 0 Å². The van der Waals surface area contributed by atoms with Crippen LogP contribution in [0.5, 0.6) is 0 Å². The van der Waals surface area contributed by atoms with Gasteiger partial charge < -0.3 is 15.0 Å². The average molecular weight is 283 g/mol. The monoisotopic (exact) mass is 283 g/mol.